The molecule has 108 valence electrons. The predicted molar refractivity (Wildman–Crippen MR) is 72.0 cm³/mol. The molecule has 0 aromatic heterocycles. The van der Waals surface area contributed by atoms with Gasteiger partial charge >= 0.3 is 12.0 Å². The van der Waals surface area contributed by atoms with Gasteiger partial charge in [-0.3, -0.25) is 4.79 Å². The molecule has 1 heterocycles. The number of hydrogen-bond acceptors (Lipinski definition) is 2. The molecule has 1 saturated heterocycles. The van der Waals surface area contributed by atoms with E-state index in [0.29, 0.717) is 6.54 Å². The lowest BCUT2D eigenvalue weighted by molar-refractivity contribution is -0.137. The lowest BCUT2D eigenvalue weighted by Gasteiger charge is -2.31. The highest BCUT2D eigenvalue weighted by Crippen LogP contribution is 2.28. The second-order valence-electron chi connectivity index (χ2n) is 5.61. The Labute approximate surface area is 114 Å². The maximum absolute atomic E-state index is 12.5. The standard InChI is InChI=1S/C14H24N2O3/c17-13(18)8-11-16(12-6-7-12)14(19)15-9-4-2-1-3-5-10-15/h12H,1-11H2,(H,17,18). The van der Waals surface area contributed by atoms with Crippen LogP contribution in [0.2, 0.25) is 0 Å². The van der Waals surface area contributed by atoms with Gasteiger partial charge in [-0.15, -0.1) is 0 Å². The van der Waals surface area contributed by atoms with Crippen LogP contribution in [0.15, 0.2) is 0 Å². The molecule has 2 amide bonds. The van der Waals surface area contributed by atoms with Crippen molar-refractivity contribution >= 4 is 12.0 Å². The number of carbonyl (C=O) groups is 2. The highest BCUT2D eigenvalue weighted by molar-refractivity contribution is 5.76. The van der Waals surface area contributed by atoms with E-state index < -0.39 is 5.97 Å². The van der Waals surface area contributed by atoms with E-state index in [1.54, 1.807) is 4.90 Å². The van der Waals surface area contributed by atoms with E-state index in [4.69, 9.17) is 5.11 Å². The SMILES string of the molecule is O=C(O)CCN(C(=O)N1CCCCCCC1)C1CC1. The number of carbonyl (C=O) groups excluding carboxylic acids is 1. The van der Waals surface area contributed by atoms with Gasteiger partial charge in [0.25, 0.3) is 0 Å². The van der Waals surface area contributed by atoms with Crippen LogP contribution in [-0.4, -0.2) is 52.6 Å². The van der Waals surface area contributed by atoms with Gasteiger partial charge in [-0.05, 0) is 25.7 Å². The Bertz CT molecular complexity index is 321. The lowest BCUT2D eigenvalue weighted by Crippen LogP contribution is -2.46. The fourth-order valence-corrected chi connectivity index (χ4v) is 2.66. The Kier molecular flexibility index (Phi) is 5.05. The summed E-state index contributed by atoms with van der Waals surface area (Å²) < 4.78 is 0. The minimum absolute atomic E-state index is 0.0517. The molecule has 2 aliphatic rings. The summed E-state index contributed by atoms with van der Waals surface area (Å²) in [5.74, 6) is -0.828. The van der Waals surface area contributed by atoms with Gasteiger partial charge in [0.05, 0.1) is 6.42 Å². The molecule has 1 aliphatic carbocycles. The summed E-state index contributed by atoms with van der Waals surface area (Å²) >= 11 is 0. The molecule has 0 spiro atoms. The molecule has 1 N–H and O–H groups in total. The molecule has 2 fully saturated rings. The van der Waals surface area contributed by atoms with Crippen LogP contribution in [0.5, 0.6) is 0 Å². The van der Waals surface area contributed by atoms with E-state index in [0.717, 1.165) is 38.8 Å². The molecule has 0 unspecified atom stereocenters. The third-order valence-electron chi connectivity index (χ3n) is 3.93. The Morgan fingerprint density at radius 1 is 1.05 bits per heavy atom. The van der Waals surface area contributed by atoms with Crippen molar-refractivity contribution < 1.29 is 14.7 Å². The number of amides is 2. The Balaban J connectivity index is 1.90. The molecule has 0 aromatic rings. The highest BCUT2D eigenvalue weighted by atomic mass is 16.4. The second kappa shape index (κ2) is 6.78. The maximum atomic E-state index is 12.5. The average molecular weight is 268 g/mol. The third-order valence-corrected chi connectivity index (χ3v) is 3.93. The summed E-state index contributed by atoms with van der Waals surface area (Å²) in [6.07, 6.45) is 7.92. The van der Waals surface area contributed by atoms with Crippen LogP contribution in [0, 0.1) is 0 Å². The van der Waals surface area contributed by atoms with Crippen LogP contribution >= 0.6 is 0 Å². The van der Waals surface area contributed by atoms with Gasteiger partial charge in [0.2, 0.25) is 0 Å². The largest absolute Gasteiger partial charge is 0.481 e. The molecule has 0 atom stereocenters. The van der Waals surface area contributed by atoms with Crippen LogP contribution < -0.4 is 0 Å². The van der Waals surface area contributed by atoms with Crippen LogP contribution in [0.4, 0.5) is 4.79 Å². The monoisotopic (exact) mass is 268 g/mol. The average Bonchev–Trinajstić information content (AvgIpc) is 3.12. The molecule has 0 bridgehead atoms. The molecule has 0 radical (unpaired) electrons. The van der Waals surface area contributed by atoms with E-state index in [9.17, 15) is 9.59 Å². The first-order chi connectivity index (χ1) is 9.18. The first-order valence-corrected chi connectivity index (χ1v) is 7.46. The normalized spacial score (nSPS) is 20.5. The van der Waals surface area contributed by atoms with Crippen LogP contribution in [0.3, 0.4) is 0 Å². The summed E-state index contributed by atoms with van der Waals surface area (Å²) in [5.41, 5.74) is 0. The van der Waals surface area contributed by atoms with Crippen molar-refractivity contribution in [3.8, 4) is 0 Å². The Morgan fingerprint density at radius 2 is 1.63 bits per heavy atom. The fourth-order valence-electron chi connectivity index (χ4n) is 2.66. The minimum atomic E-state index is -0.828. The van der Waals surface area contributed by atoms with Gasteiger partial charge < -0.3 is 14.9 Å². The van der Waals surface area contributed by atoms with Crippen molar-refractivity contribution in [3.63, 3.8) is 0 Å². The molecule has 2 rings (SSSR count). The van der Waals surface area contributed by atoms with Gasteiger partial charge in [-0.1, -0.05) is 19.3 Å². The number of hydrogen-bond donors (Lipinski definition) is 1. The van der Waals surface area contributed by atoms with E-state index in [2.05, 4.69) is 0 Å². The Morgan fingerprint density at radius 3 is 2.16 bits per heavy atom. The van der Waals surface area contributed by atoms with Gasteiger partial charge in [0, 0.05) is 25.7 Å². The van der Waals surface area contributed by atoms with Crippen molar-refractivity contribution in [2.75, 3.05) is 19.6 Å². The van der Waals surface area contributed by atoms with Gasteiger partial charge in [0.1, 0.15) is 0 Å². The van der Waals surface area contributed by atoms with Crippen molar-refractivity contribution in [2.24, 2.45) is 0 Å². The van der Waals surface area contributed by atoms with Crippen molar-refractivity contribution in [3.05, 3.63) is 0 Å². The van der Waals surface area contributed by atoms with E-state index in [1.807, 2.05) is 4.90 Å². The number of likely N-dealkylation sites (tertiary alicyclic amines) is 1. The molecular formula is C14H24N2O3. The number of nitrogens with zero attached hydrogens (tertiary/aromatic N) is 2. The smallest absolute Gasteiger partial charge is 0.320 e. The van der Waals surface area contributed by atoms with E-state index in [-0.39, 0.29) is 18.5 Å². The predicted octanol–water partition coefficient (Wildman–Crippen LogP) is 2.31. The van der Waals surface area contributed by atoms with E-state index >= 15 is 0 Å². The summed E-state index contributed by atoms with van der Waals surface area (Å²) in [5, 5.41) is 8.79. The van der Waals surface area contributed by atoms with Crippen molar-refractivity contribution in [2.45, 2.75) is 57.4 Å². The van der Waals surface area contributed by atoms with Crippen molar-refractivity contribution in [1.29, 1.82) is 0 Å². The summed E-state index contributed by atoms with van der Waals surface area (Å²) in [4.78, 5) is 26.9. The zero-order valence-corrected chi connectivity index (χ0v) is 11.5. The summed E-state index contributed by atoms with van der Waals surface area (Å²) in [7, 11) is 0. The Hall–Kier alpha value is -1.26. The maximum Gasteiger partial charge on any atom is 0.320 e. The number of carboxylic acids is 1. The molecule has 1 saturated carbocycles. The summed E-state index contributed by atoms with van der Waals surface area (Å²) in [6.45, 7) is 2.01. The number of aliphatic carboxylic acids is 1. The molecule has 1 aliphatic heterocycles. The zero-order chi connectivity index (χ0) is 13.7. The van der Waals surface area contributed by atoms with Crippen LogP contribution in [0.25, 0.3) is 0 Å². The minimum Gasteiger partial charge on any atom is -0.481 e. The molecule has 0 aromatic carbocycles. The zero-order valence-electron chi connectivity index (χ0n) is 11.5. The second-order valence-corrected chi connectivity index (χ2v) is 5.61. The van der Waals surface area contributed by atoms with Crippen LogP contribution in [0.1, 0.15) is 51.4 Å². The van der Waals surface area contributed by atoms with E-state index in [1.165, 1.54) is 19.3 Å². The highest BCUT2D eigenvalue weighted by Gasteiger charge is 2.34. The lowest BCUT2D eigenvalue weighted by atomic mass is 10.1. The topological polar surface area (TPSA) is 60.9 Å². The van der Waals surface area contributed by atoms with Gasteiger partial charge in [-0.25, -0.2) is 4.79 Å². The molecule has 19 heavy (non-hydrogen) atoms. The van der Waals surface area contributed by atoms with Gasteiger partial charge in [-0.2, -0.15) is 0 Å². The molecule has 5 nitrogen and oxygen atoms in total. The number of urea groups is 1. The van der Waals surface area contributed by atoms with Crippen LogP contribution in [-0.2, 0) is 4.79 Å². The van der Waals surface area contributed by atoms with Crippen molar-refractivity contribution in [1.82, 2.24) is 9.80 Å². The molecular weight excluding hydrogens is 244 g/mol. The number of carboxylic acid groups (broad SMARTS) is 1. The quantitative estimate of drug-likeness (QED) is 0.851. The third kappa shape index (κ3) is 4.40. The fraction of sp³-hybridized carbons (Fsp3) is 0.857. The molecule has 5 heteroatoms. The van der Waals surface area contributed by atoms with Gasteiger partial charge in [0.15, 0.2) is 0 Å². The number of rotatable bonds is 4. The first-order valence-electron chi connectivity index (χ1n) is 7.46. The first kappa shape index (κ1) is 14.2. The summed E-state index contributed by atoms with van der Waals surface area (Å²) in [6, 6.07) is 0.350.